The second kappa shape index (κ2) is 7.64. The van der Waals surface area contributed by atoms with Crippen LogP contribution in [0.4, 0.5) is 5.69 Å². The first-order valence-corrected chi connectivity index (χ1v) is 8.94. The minimum atomic E-state index is -0.516. The minimum absolute atomic E-state index is 0.478. The second-order valence-corrected chi connectivity index (χ2v) is 6.68. The lowest BCUT2D eigenvalue weighted by Crippen LogP contribution is -2.02. The number of nitrogens with two attached hydrogens (primary N) is 1. The molecule has 0 unspecified atom stereocenters. The number of hydrogen-bond donors (Lipinski definition) is 1. The van der Waals surface area contributed by atoms with E-state index in [1.54, 1.807) is 31.4 Å². The average Bonchev–Trinajstić information content (AvgIpc) is 3.05. The Kier molecular flexibility index (Phi) is 5.30. The van der Waals surface area contributed by atoms with Crippen LogP contribution < -0.4 is 15.2 Å². The molecule has 0 aliphatic rings. The molecule has 6 heteroatoms. The number of esters is 1. The summed E-state index contributed by atoms with van der Waals surface area (Å²) in [6, 6.07) is 12.8. The maximum Gasteiger partial charge on any atom is 0.336 e. The summed E-state index contributed by atoms with van der Waals surface area (Å²) in [4.78, 5) is 11.7. The third-order valence-corrected chi connectivity index (χ3v) is 4.86. The van der Waals surface area contributed by atoms with Crippen molar-refractivity contribution in [3.63, 3.8) is 0 Å². The van der Waals surface area contributed by atoms with Gasteiger partial charge in [0.2, 0.25) is 0 Å². The Morgan fingerprint density at radius 1 is 1.19 bits per heavy atom. The Morgan fingerprint density at radius 2 is 1.92 bits per heavy atom. The van der Waals surface area contributed by atoms with Crippen LogP contribution in [0, 0.1) is 0 Å². The van der Waals surface area contributed by atoms with E-state index in [9.17, 15) is 4.79 Å². The fourth-order valence-corrected chi connectivity index (χ4v) is 3.66. The van der Waals surface area contributed by atoms with Gasteiger partial charge in [0.05, 0.1) is 7.11 Å². The molecule has 3 rings (SSSR count). The van der Waals surface area contributed by atoms with Crippen LogP contribution in [0.5, 0.6) is 10.8 Å². The number of anilines is 1. The zero-order chi connectivity index (χ0) is 18.7. The molecule has 4 nitrogen and oxygen atoms in total. The molecule has 26 heavy (non-hydrogen) atoms. The van der Waals surface area contributed by atoms with E-state index in [4.69, 9.17) is 26.8 Å². The van der Waals surface area contributed by atoms with Crippen molar-refractivity contribution in [1.82, 2.24) is 0 Å². The maximum absolute atomic E-state index is 11.7. The number of ether oxygens (including phenoxy) is 2. The number of halogens is 1. The van der Waals surface area contributed by atoms with Crippen molar-refractivity contribution >= 4 is 34.6 Å². The topological polar surface area (TPSA) is 61.5 Å². The molecule has 0 saturated carbocycles. The molecular formula is C20H16ClNO3S. The van der Waals surface area contributed by atoms with E-state index < -0.39 is 5.97 Å². The van der Waals surface area contributed by atoms with Crippen molar-refractivity contribution in [3.05, 3.63) is 65.5 Å². The lowest BCUT2D eigenvalue weighted by atomic mass is 9.98. The van der Waals surface area contributed by atoms with Crippen molar-refractivity contribution in [2.45, 2.75) is 0 Å². The van der Waals surface area contributed by atoms with Gasteiger partial charge in [0.15, 0.2) is 5.06 Å². The lowest BCUT2D eigenvalue weighted by Gasteiger charge is -2.12. The highest BCUT2D eigenvalue weighted by Crippen LogP contribution is 2.47. The highest BCUT2D eigenvalue weighted by Gasteiger charge is 2.20. The average molecular weight is 386 g/mol. The maximum atomic E-state index is 11.7. The second-order valence-electron chi connectivity index (χ2n) is 5.40. The van der Waals surface area contributed by atoms with Gasteiger partial charge in [-0.15, -0.1) is 11.3 Å². The van der Waals surface area contributed by atoms with Crippen LogP contribution in [0.1, 0.15) is 0 Å². The van der Waals surface area contributed by atoms with E-state index in [1.165, 1.54) is 11.3 Å². The van der Waals surface area contributed by atoms with Gasteiger partial charge in [0, 0.05) is 38.9 Å². The Balaban J connectivity index is 2.21. The summed E-state index contributed by atoms with van der Waals surface area (Å²) in [5.74, 6) is 0.117. The smallest absolute Gasteiger partial charge is 0.336 e. The van der Waals surface area contributed by atoms with Gasteiger partial charge in [-0.05, 0) is 35.9 Å². The van der Waals surface area contributed by atoms with Crippen LogP contribution in [0.3, 0.4) is 0 Å². The molecule has 3 aromatic rings. The number of methoxy groups -OCH3 is 1. The Morgan fingerprint density at radius 3 is 2.58 bits per heavy atom. The van der Waals surface area contributed by atoms with Gasteiger partial charge < -0.3 is 15.2 Å². The summed E-state index contributed by atoms with van der Waals surface area (Å²) in [7, 11) is 1.59. The number of carbonyl (C=O) groups excluding carboxylic acids is 1. The van der Waals surface area contributed by atoms with Crippen LogP contribution in [-0.4, -0.2) is 13.1 Å². The molecule has 1 heterocycles. The van der Waals surface area contributed by atoms with Crippen LogP contribution in [0.15, 0.2) is 60.5 Å². The molecule has 2 aromatic carbocycles. The van der Waals surface area contributed by atoms with E-state index in [0.717, 1.165) is 28.3 Å². The number of nitrogen functional groups attached to an aromatic ring is 1. The van der Waals surface area contributed by atoms with Gasteiger partial charge in [-0.2, -0.15) is 0 Å². The molecule has 0 atom stereocenters. The van der Waals surface area contributed by atoms with Gasteiger partial charge in [-0.3, -0.25) is 0 Å². The Hall–Kier alpha value is -2.76. The van der Waals surface area contributed by atoms with Crippen LogP contribution >= 0.6 is 22.9 Å². The highest BCUT2D eigenvalue weighted by molar-refractivity contribution is 7.13. The summed E-state index contributed by atoms with van der Waals surface area (Å²) >= 11 is 7.40. The van der Waals surface area contributed by atoms with Crippen LogP contribution in [0.2, 0.25) is 5.02 Å². The summed E-state index contributed by atoms with van der Waals surface area (Å²) in [6.07, 6.45) is 1.13. The summed E-state index contributed by atoms with van der Waals surface area (Å²) in [6.45, 7) is 3.45. The predicted molar refractivity (Wildman–Crippen MR) is 107 cm³/mol. The van der Waals surface area contributed by atoms with Crippen molar-refractivity contribution < 1.29 is 14.3 Å². The fourth-order valence-electron chi connectivity index (χ4n) is 2.56. The molecule has 2 N–H and O–H groups in total. The molecule has 0 radical (unpaired) electrons. The number of hydrogen-bond acceptors (Lipinski definition) is 5. The van der Waals surface area contributed by atoms with E-state index >= 15 is 0 Å². The predicted octanol–water partition coefficient (Wildman–Crippen LogP) is 5.42. The molecule has 0 aliphatic carbocycles. The quantitative estimate of drug-likeness (QED) is 0.362. The van der Waals surface area contributed by atoms with Crippen molar-refractivity contribution in [2.24, 2.45) is 0 Å². The van der Waals surface area contributed by atoms with E-state index in [1.807, 2.05) is 23.6 Å². The number of carbonyl (C=O) groups is 1. The van der Waals surface area contributed by atoms with Crippen molar-refractivity contribution in [1.29, 1.82) is 0 Å². The SMILES string of the molecule is C=CC(=O)Oc1scc(-c2ccc(Cl)cc2OC)c1-c1ccc(N)cc1. The van der Waals surface area contributed by atoms with Gasteiger partial charge in [-0.1, -0.05) is 30.3 Å². The first-order valence-electron chi connectivity index (χ1n) is 7.69. The summed E-state index contributed by atoms with van der Waals surface area (Å²) in [5, 5.41) is 2.98. The first-order chi connectivity index (χ1) is 12.5. The Labute approximate surface area is 160 Å². The molecule has 1 aromatic heterocycles. The molecule has 0 amide bonds. The highest BCUT2D eigenvalue weighted by atomic mass is 35.5. The first kappa shape index (κ1) is 18.0. The molecule has 132 valence electrons. The third kappa shape index (κ3) is 3.59. The summed E-state index contributed by atoms with van der Waals surface area (Å²) in [5.41, 5.74) is 9.83. The zero-order valence-corrected chi connectivity index (χ0v) is 15.6. The molecule has 0 saturated heterocycles. The number of thiophene rings is 1. The largest absolute Gasteiger partial charge is 0.496 e. The fraction of sp³-hybridized carbons (Fsp3) is 0.0500. The van der Waals surface area contributed by atoms with E-state index in [2.05, 4.69) is 6.58 Å². The van der Waals surface area contributed by atoms with Gasteiger partial charge >= 0.3 is 5.97 Å². The summed E-state index contributed by atoms with van der Waals surface area (Å²) < 4.78 is 10.9. The monoisotopic (exact) mass is 385 g/mol. The standard InChI is InChI=1S/C20H16ClNO3S/c1-3-18(23)25-20-19(12-4-7-14(22)8-5-12)16(11-26-20)15-9-6-13(21)10-17(15)24-2/h3-11H,1,22H2,2H3. The molecule has 0 aliphatic heterocycles. The molecule has 0 spiro atoms. The van der Waals surface area contributed by atoms with Gasteiger partial charge in [0.25, 0.3) is 0 Å². The molecule has 0 fully saturated rings. The third-order valence-electron chi connectivity index (χ3n) is 3.77. The number of benzene rings is 2. The van der Waals surface area contributed by atoms with Crippen LogP contribution in [0.25, 0.3) is 22.3 Å². The van der Waals surface area contributed by atoms with E-state index in [0.29, 0.717) is 21.5 Å². The molecular weight excluding hydrogens is 370 g/mol. The van der Waals surface area contributed by atoms with Crippen LogP contribution in [-0.2, 0) is 4.79 Å². The van der Waals surface area contributed by atoms with Crippen molar-refractivity contribution in [3.8, 4) is 33.1 Å². The van der Waals surface area contributed by atoms with Crippen molar-refractivity contribution in [2.75, 3.05) is 12.8 Å². The van der Waals surface area contributed by atoms with E-state index in [-0.39, 0.29) is 0 Å². The lowest BCUT2D eigenvalue weighted by molar-refractivity contribution is -0.128. The van der Waals surface area contributed by atoms with Gasteiger partial charge in [0.1, 0.15) is 5.75 Å². The zero-order valence-electron chi connectivity index (χ0n) is 14.0. The minimum Gasteiger partial charge on any atom is -0.496 e. The molecule has 0 bridgehead atoms. The normalized spacial score (nSPS) is 10.4. The number of rotatable bonds is 5. The Bertz CT molecular complexity index is 964. The van der Waals surface area contributed by atoms with Gasteiger partial charge in [-0.25, -0.2) is 4.79 Å².